The van der Waals surface area contributed by atoms with Gasteiger partial charge in [-0.1, -0.05) is 49.7 Å². The molecule has 0 fully saturated rings. The monoisotopic (exact) mass is 211 g/mol. The molecule has 0 spiro atoms. The first-order valence-corrected chi connectivity index (χ1v) is 3.41. The van der Waals surface area contributed by atoms with Gasteiger partial charge in [-0.3, -0.25) is 0 Å². The van der Waals surface area contributed by atoms with E-state index in [0.717, 1.165) is 0 Å². The molecule has 0 amide bonds. The van der Waals surface area contributed by atoms with Crippen LogP contribution in [0.5, 0.6) is 0 Å². The summed E-state index contributed by atoms with van der Waals surface area (Å²) in [5, 5.41) is 0. The molecule has 0 atom stereocenters. The average molecular weight is 211 g/mol. The zero-order valence-electron chi connectivity index (χ0n) is 6.96. The first-order valence-electron chi connectivity index (χ1n) is 3.41. The van der Waals surface area contributed by atoms with E-state index < -0.39 is 0 Å². The first-order chi connectivity index (χ1) is 4.39. The maximum absolute atomic E-state index is 2.08. The number of rotatable bonds is 0. The summed E-state index contributed by atoms with van der Waals surface area (Å²) in [5.74, 6) is 0. The Morgan fingerprint density at radius 2 is 1.30 bits per heavy atom. The topological polar surface area (TPSA) is 0 Å². The Labute approximate surface area is 88.9 Å². The van der Waals surface area contributed by atoms with E-state index >= 15 is 0 Å². The van der Waals surface area contributed by atoms with Gasteiger partial charge in [-0.05, 0) is 6.92 Å². The van der Waals surface area contributed by atoms with Gasteiger partial charge in [-0.2, -0.15) is 0 Å². The second kappa shape index (κ2) is 9.32. The molecule has 0 aliphatic heterocycles. The average Bonchev–Trinajstić information content (AvgIpc) is 1.94. The van der Waals surface area contributed by atoms with Gasteiger partial charge in [-0.15, -0.1) is 0 Å². The molecule has 0 aliphatic rings. The molecule has 0 nitrogen and oxygen atoms in total. The molecule has 0 saturated heterocycles. The summed E-state index contributed by atoms with van der Waals surface area (Å²) in [4.78, 5) is 0. The summed E-state index contributed by atoms with van der Waals surface area (Å²) in [6.45, 7) is 6.08. The van der Waals surface area contributed by atoms with E-state index in [0.29, 0.717) is 0 Å². The molecule has 10 heavy (non-hydrogen) atoms. The molecule has 1 aromatic carbocycles. The van der Waals surface area contributed by atoms with E-state index in [1.54, 1.807) is 0 Å². The van der Waals surface area contributed by atoms with Gasteiger partial charge in [0.05, 0.1) is 0 Å². The molecule has 0 saturated carbocycles. The quantitative estimate of drug-likeness (QED) is 0.618. The summed E-state index contributed by atoms with van der Waals surface area (Å²) >= 11 is 0. The van der Waals surface area contributed by atoms with Crippen molar-refractivity contribution in [2.45, 2.75) is 20.8 Å². The van der Waals surface area contributed by atoms with Crippen LogP contribution in [0.25, 0.3) is 0 Å². The van der Waals surface area contributed by atoms with Crippen LogP contribution in [-0.2, 0) is 32.7 Å². The molecule has 1 heteroatoms. The van der Waals surface area contributed by atoms with E-state index in [4.69, 9.17) is 0 Å². The van der Waals surface area contributed by atoms with Gasteiger partial charge in [0, 0.05) is 32.7 Å². The van der Waals surface area contributed by atoms with Gasteiger partial charge in [0.2, 0.25) is 0 Å². The number of hydrogen-bond acceptors (Lipinski definition) is 0. The minimum Gasteiger partial charge on any atom is -0.0683 e. The fraction of sp³-hybridized carbons (Fsp3) is 0.333. The molecule has 53 valence electrons. The fourth-order valence-corrected chi connectivity index (χ4v) is 0.534. The van der Waals surface area contributed by atoms with Crippen LogP contribution < -0.4 is 0 Å². The largest absolute Gasteiger partial charge is 0.0683 e. The fourth-order valence-electron chi connectivity index (χ4n) is 0.534. The Hall–Kier alpha value is 0.324. The number of hydrogen-bond donors (Lipinski definition) is 0. The predicted octanol–water partition coefficient (Wildman–Crippen LogP) is 3.02. The molecule has 1 radical (unpaired) electrons. The van der Waals surface area contributed by atoms with Crippen molar-refractivity contribution in [3.8, 4) is 0 Å². The number of benzene rings is 1. The van der Waals surface area contributed by atoms with Crippen LogP contribution in [-0.4, -0.2) is 0 Å². The summed E-state index contributed by atoms with van der Waals surface area (Å²) in [7, 11) is 0. The summed E-state index contributed by atoms with van der Waals surface area (Å²) < 4.78 is 0. The Bertz CT molecular complexity index is 135. The smallest absolute Gasteiger partial charge is 0 e. The van der Waals surface area contributed by atoms with Gasteiger partial charge in [0.25, 0.3) is 0 Å². The normalized spacial score (nSPS) is 6.70. The van der Waals surface area contributed by atoms with Crippen LogP contribution in [0.3, 0.4) is 0 Å². The maximum Gasteiger partial charge on any atom is 0 e. The van der Waals surface area contributed by atoms with Crippen LogP contribution in [0.15, 0.2) is 30.3 Å². The van der Waals surface area contributed by atoms with Crippen molar-refractivity contribution >= 4 is 0 Å². The van der Waals surface area contributed by atoms with Crippen molar-refractivity contribution in [3.63, 3.8) is 0 Å². The van der Waals surface area contributed by atoms with Crippen molar-refractivity contribution in [2.75, 3.05) is 0 Å². The molecule has 0 N–H and O–H groups in total. The molecule has 1 aromatic rings. The number of aryl methyl sites for hydroxylation is 1. The summed E-state index contributed by atoms with van der Waals surface area (Å²) in [5.41, 5.74) is 1.32. The molecular formula is C9H14Y. The van der Waals surface area contributed by atoms with E-state index in [9.17, 15) is 0 Å². The van der Waals surface area contributed by atoms with Crippen molar-refractivity contribution in [3.05, 3.63) is 35.9 Å². The third kappa shape index (κ3) is 6.44. The minimum absolute atomic E-state index is 0. The Morgan fingerprint density at radius 1 is 0.900 bits per heavy atom. The van der Waals surface area contributed by atoms with E-state index in [1.807, 2.05) is 32.0 Å². The third-order valence-corrected chi connectivity index (χ3v) is 0.940. The third-order valence-electron chi connectivity index (χ3n) is 0.940. The second-order valence-corrected chi connectivity index (χ2v) is 1.65. The van der Waals surface area contributed by atoms with Crippen molar-refractivity contribution in [1.29, 1.82) is 0 Å². The van der Waals surface area contributed by atoms with Gasteiger partial charge < -0.3 is 0 Å². The zero-order valence-corrected chi connectivity index (χ0v) is 9.80. The Kier molecular flexibility index (Phi) is 12.1. The Morgan fingerprint density at radius 3 is 1.50 bits per heavy atom. The molecule has 0 aliphatic carbocycles. The molecule has 0 heterocycles. The van der Waals surface area contributed by atoms with Crippen LogP contribution in [0.1, 0.15) is 19.4 Å². The Balaban J connectivity index is 0. The SMILES string of the molecule is CC.Cc1ccccc1.[Y]. The van der Waals surface area contributed by atoms with E-state index in [1.165, 1.54) is 5.56 Å². The molecule has 0 aromatic heterocycles. The van der Waals surface area contributed by atoms with E-state index in [-0.39, 0.29) is 32.7 Å². The van der Waals surface area contributed by atoms with Crippen LogP contribution >= 0.6 is 0 Å². The molecule has 0 bridgehead atoms. The molecule has 1 rings (SSSR count). The van der Waals surface area contributed by atoms with E-state index in [2.05, 4.69) is 19.1 Å². The zero-order chi connectivity index (χ0) is 7.11. The summed E-state index contributed by atoms with van der Waals surface area (Å²) in [6, 6.07) is 10.3. The molecular weight excluding hydrogens is 197 g/mol. The van der Waals surface area contributed by atoms with Crippen LogP contribution in [0.4, 0.5) is 0 Å². The predicted molar refractivity (Wildman–Crippen MR) is 42.5 cm³/mol. The summed E-state index contributed by atoms with van der Waals surface area (Å²) in [6.07, 6.45) is 0. The van der Waals surface area contributed by atoms with Gasteiger partial charge >= 0.3 is 0 Å². The standard InChI is InChI=1S/C7H8.C2H6.Y/c1-7-5-3-2-4-6-7;1-2;/h2-6H,1H3;1-2H3;. The van der Waals surface area contributed by atoms with Crippen molar-refractivity contribution in [2.24, 2.45) is 0 Å². The van der Waals surface area contributed by atoms with Gasteiger partial charge in [0.1, 0.15) is 0 Å². The van der Waals surface area contributed by atoms with Crippen LogP contribution in [0.2, 0.25) is 0 Å². The molecule has 0 unspecified atom stereocenters. The minimum atomic E-state index is 0. The van der Waals surface area contributed by atoms with Crippen molar-refractivity contribution in [1.82, 2.24) is 0 Å². The van der Waals surface area contributed by atoms with Crippen LogP contribution in [0, 0.1) is 6.92 Å². The first kappa shape index (κ1) is 13.0. The van der Waals surface area contributed by atoms with Crippen molar-refractivity contribution < 1.29 is 32.7 Å². The van der Waals surface area contributed by atoms with Gasteiger partial charge in [0.15, 0.2) is 0 Å². The second-order valence-electron chi connectivity index (χ2n) is 1.65. The maximum atomic E-state index is 2.08. The van der Waals surface area contributed by atoms with Gasteiger partial charge in [-0.25, -0.2) is 0 Å².